The SMILES string of the molecule is [c]1ccccc1OCOc1ccccc1. The summed E-state index contributed by atoms with van der Waals surface area (Å²) in [7, 11) is 0. The maximum absolute atomic E-state index is 5.37. The van der Waals surface area contributed by atoms with Gasteiger partial charge in [0.05, 0.1) is 0 Å². The minimum absolute atomic E-state index is 0.199. The quantitative estimate of drug-likeness (QED) is 0.705. The number of hydrogen-bond acceptors (Lipinski definition) is 2. The van der Waals surface area contributed by atoms with E-state index in [9.17, 15) is 0 Å². The molecule has 0 heterocycles. The molecule has 0 fully saturated rings. The zero-order valence-corrected chi connectivity index (χ0v) is 8.22. The van der Waals surface area contributed by atoms with E-state index in [1.54, 1.807) is 6.07 Å². The zero-order valence-electron chi connectivity index (χ0n) is 8.22. The molecule has 0 saturated carbocycles. The average molecular weight is 199 g/mol. The molecule has 0 amide bonds. The first-order valence-electron chi connectivity index (χ1n) is 4.72. The molecule has 0 bridgehead atoms. The Hall–Kier alpha value is -1.96. The van der Waals surface area contributed by atoms with Crippen molar-refractivity contribution in [3.63, 3.8) is 0 Å². The van der Waals surface area contributed by atoms with Gasteiger partial charge in [-0.15, -0.1) is 0 Å². The second-order valence-corrected chi connectivity index (χ2v) is 2.95. The van der Waals surface area contributed by atoms with E-state index in [2.05, 4.69) is 6.07 Å². The lowest BCUT2D eigenvalue weighted by Crippen LogP contribution is -2.05. The molecule has 2 rings (SSSR count). The molecule has 2 nitrogen and oxygen atoms in total. The molecule has 2 aromatic carbocycles. The lowest BCUT2D eigenvalue weighted by molar-refractivity contribution is 0.119. The van der Waals surface area contributed by atoms with Gasteiger partial charge in [0, 0.05) is 6.07 Å². The molecule has 0 spiro atoms. The summed E-state index contributed by atoms with van der Waals surface area (Å²) in [5.41, 5.74) is 0. The Morgan fingerprint density at radius 3 is 2.40 bits per heavy atom. The molecule has 0 aliphatic carbocycles. The molecule has 0 aliphatic rings. The fourth-order valence-corrected chi connectivity index (χ4v) is 1.14. The van der Waals surface area contributed by atoms with Crippen molar-refractivity contribution in [2.24, 2.45) is 0 Å². The minimum Gasteiger partial charge on any atom is -0.458 e. The van der Waals surface area contributed by atoms with Crippen LogP contribution in [0.15, 0.2) is 54.6 Å². The van der Waals surface area contributed by atoms with Gasteiger partial charge in [-0.1, -0.05) is 36.4 Å². The first-order chi connectivity index (χ1) is 7.45. The highest BCUT2D eigenvalue weighted by atomic mass is 16.7. The fraction of sp³-hybridized carbons (Fsp3) is 0.0769. The summed E-state index contributed by atoms with van der Waals surface area (Å²) >= 11 is 0. The van der Waals surface area contributed by atoms with Crippen LogP contribution in [0.1, 0.15) is 0 Å². The predicted molar refractivity (Wildman–Crippen MR) is 57.8 cm³/mol. The van der Waals surface area contributed by atoms with E-state index in [0.717, 1.165) is 5.75 Å². The van der Waals surface area contributed by atoms with Gasteiger partial charge in [0.25, 0.3) is 0 Å². The van der Waals surface area contributed by atoms with E-state index < -0.39 is 0 Å². The molecule has 0 N–H and O–H groups in total. The van der Waals surface area contributed by atoms with Crippen LogP contribution in [0.3, 0.4) is 0 Å². The van der Waals surface area contributed by atoms with E-state index in [1.165, 1.54) is 0 Å². The van der Waals surface area contributed by atoms with Crippen molar-refractivity contribution in [2.75, 3.05) is 6.79 Å². The van der Waals surface area contributed by atoms with Crippen LogP contribution >= 0.6 is 0 Å². The van der Waals surface area contributed by atoms with E-state index >= 15 is 0 Å². The van der Waals surface area contributed by atoms with Crippen LogP contribution in [-0.2, 0) is 0 Å². The Kier molecular flexibility index (Phi) is 3.23. The van der Waals surface area contributed by atoms with Gasteiger partial charge in [-0.2, -0.15) is 0 Å². The van der Waals surface area contributed by atoms with Gasteiger partial charge >= 0.3 is 0 Å². The van der Waals surface area contributed by atoms with Gasteiger partial charge < -0.3 is 9.47 Å². The Bertz CT molecular complexity index is 344. The highest BCUT2D eigenvalue weighted by Crippen LogP contribution is 2.10. The maximum atomic E-state index is 5.37. The smallest absolute Gasteiger partial charge is 0.230 e. The molecular weight excluding hydrogens is 188 g/mol. The molecule has 0 unspecified atom stereocenters. The topological polar surface area (TPSA) is 18.5 Å². The molecule has 75 valence electrons. The van der Waals surface area contributed by atoms with Crippen molar-refractivity contribution in [2.45, 2.75) is 0 Å². The standard InChI is InChI=1S/C13H11O2/c1-3-7-12(8-4-1)14-11-15-13-9-5-2-6-10-13/h1-9H,11H2. The maximum Gasteiger partial charge on any atom is 0.230 e. The molecule has 0 atom stereocenters. The van der Waals surface area contributed by atoms with E-state index in [1.807, 2.05) is 48.5 Å². The van der Waals surface area contributed by atoms with Crippen molar-refractivity contribution in [3.05, 3.63) is 60.7 Å². The van der Waals surface area contributed by atoms with Crippen LogP contribution in [0, 0.1) is 6.07 Å². The summed E-state index contributed by atoms with van der Waals surface area (Å²) < 4.78 is 10.7. The average Bonchev–Trinajstić information content (AvgIpc) is 2.32. The molecule has 1 radical (unpaired) electrons. The zero-order chi connectivity index (χ0) is 10.3. The molecule has 2 heteroatoms. The molecule has 0 aliphatic heterocycles. The van der Waals surface area contributed by atoms with Gasteiger partial charge in [-0.05, 0) is 18.2 Å². The number of rotatable bonds is 4. The van der Waals surface area contributed by atoms with Crippen LogP contribution in [0.4, 0.5) is 0 Å². The van der Waals surface area contributed by atoms with E-state index in [-0.39, 0.29) is 6.79 Å². The Morgan fingerprint density at radius 1 is 0.867 bits per heavy atom. The van der Waals surface area contributed by atoms with Gasteiger partial charge in [0.1, 0.15) is 11.5 Å². The summed E-state index contributed by atoms with van der Waals surface area (Å²) in [5.74, 6) is 1.49. The van der Waals surface area contributed by atoms with Gasteiger partial charge in [-0.25, -0.2) is 0 Å². The first kappa shape index (κ1) is 9.59. The summed E-state index contributed by atoms with van der Waals surface area (Å²) in [5, 5.41) is 0. The van der Waals surface area contributed by atoms with E-state index in [4.69, 9.17) is 9.47 Å². The first-order valence-corrected chi connectivity index (χ1v) is 4.72. The summed E-state index contributed by atoms with van der Waals surface area (Å²) in [6.07, 6.45) is 0. The van der Waals surface area contributed by atoms with Crippen LogP contribution in [0.2, 0.25) is 0 Å². The number of para-hydroxylation sites is 2. The Morgan fingerprint density at radius 2 is 1.67 bits per heavy atom. The molecule has 0 aromatic heterocycles. The highest BCUT2D eigenvalue weighted by molar-refractivity contribution is 5.21. The fourth-order valence-electron chi connectivity index (χ4n) is 1.14. The van der Waals surface area contributed by atoms with Crippen LogP contribution < -0.4 is 9.47 Å². The third-order valence-electron chi connectivity index (χ3n) is 1.86. The van der Waals surface area contributed by atoms with Crippen LogP contribution in [-0.4, -0.2) is 6.79 Å². The second kappa shape index (κ2) is 5.05. The van der Waals surface area contributed by atoms with E-state index in [0.29, 0.717) is 5.75 Å². The second-order valence-electron chi connectivity index (χ2n) is 2.95. The van der Waals surface area contributed by atoms with Gasteiger partial charge in [0.2, 0.25) is 6.79 Å². The summed E-state index contributed by atoms with van der Waals surface area (Å²) in [6, 6.07) is 19.9. The lowest BCUT2D eigenvalue weighted by atomic mass is 10.3. The summed E-state index contributed by atoms with van der Waals surface area (Å²) in [6.45, 7) is 0.199. The summed E-state index contributed by atoms with van der Waals surface area (Å²) in [4.78, 5) is 0. The van der Waals surface area contributed by atoms with Crippen molar-refractivity contribution in [1.29, 1.82) is 0 Å². The monoisotopic (exact) mass is 199 g/mol. The largest absolute Gasteiger partial charge is 0.458 e. The Balaban J connectivity index is 1.81. The van der Waals surface area contributed by atoms with Crippen LogP contribution in [0.5, 0.6) is 11.5 Å². The third kappa shape index (κ3) is 3.02. The Labute approximate surface area is 89.1 Å². The van der Waals surface area contributed by atoms with Crippen LogP contribution in [0.25, 0.3) is 0 Å². The van der Waals surface area contributed by atoms with Crippen molar-refractivity contribution in [3.8, 4) is 11.5 Å². The highest BCUT2D eigenvalue weighted by Gasteiger charge is 1.93. The molecule has 0 saturated heterocycles. The van der Waals surface area contributed by atoms with Gasteiger partial charge in [-0.3, -0.25) is 0 Å². The van der Waals surface area contributed by atoms with Crippen molar-refractivity contribution < 1.29 is 9.47 Å². The number of benzene rings is 2. The molecular formula is C13H11O2. The minimum atomic E-state index is 0.199. The number of ether oxygens (including phenoxy) is 2. The number of hydrogen-bond donors (Lipinski definition) is 0. The van der Waals surface area contributed by atoms with Gasteiger partial charge in [0.15, 0.2) is 0 Å². The predicted octanol–water partition coefficient (Wildman–Crippen LogP) is 2.90. The lowest BCUT2D eigenvalue weighted by Gasteiger charge is -2.07. The third-order valence-corrected chi connectivity index (χ3v) is 1.86. The van der Waals surface area contributed by atoms with Crippen molar-refractivity contribution >= 4 is 0 Å². The molecule has 2 aromatic rings. The molecule has 15 heavy (non-hydrogen) atoms. The normalized spacial score (nSPS) is 9.60. The van der Waals surface area contributed by atoms with Crippen molar-refractivity contribution in [1.82, 2.24) is 0 Å².